The third kappa shape index (κ3) is 1.92. The zero-order chi connectivity index (χ0) is 11.2. The van der Waals surface area contributed by atoms with Gasteiger partial charge in [-0.05, 0) is 0 Å². The predicted octanol–water partition coefficient (Wildman–Crippen LogP) is 0.0488. The van der Waals surface area contributed by atoms with Crippen LogP contribution in [-0.4, -0.2) is 30.7 Å². The zero-order valence-electron chi connectivity index (χ0n) is 7.60. The number of nitrogens with one attached hydrogen (secondary N) is 1. The van der Waals surface area contributed by atoms with E-state index in [0.29, 0.717) is 0 Å². The number of nitrogens with two attached hydrogens (primary N) is 1. The lowest BCUT2D eigenvalue weighted by Gasteiger charge is -2.10. The van der Waals surface area contributed by atoms with Crippen LogP contribution in [0.4, 0.5) is 13.2 Å². The molecule has 3 N–H and O–H groups in total. The largest absolute Gasteiger partial charge is 0.398 e. The molecule has 0 amide bonds. The van der Waals surface area contributed by atoms with Crippen LogP contribution in [-0.2, 0) is 9.53 Å². The van der Waals surface area contributed by atoms with E-state index >= 15 is 0 Å². The number of hydrogen-bond acceptors (Lipinski definition) is 4. The number of carbonyl (C=O) groups excluding carboxylic acids is 1. The average Bonchev–Trinajstić information content (AvgIpc) is 2.83. The van der Waals surface area contributed by atoms with Crippen molar-refractivity contribution in [3.63, 3.8) is 0 Å². The number of alkyl halides is 3. The first-order valence-electron chi connectivity index (χ1n) is 4.40. The normalized spacial score (nSPS) is 29.4. The number of Topliss-reactive ketones (excluding diaryl/α,β-unsaturated/α-hetero) is 1. The Morgan fingerprint density at radius 1 is 1.40 bits per heavy atom. The van der Waals surface area contributed by atoms with E-state index in [4.69, 9.17) is 10.5 Å². The van der Waals surface area contributed by atoms with Crippen molar-refractivity contribution < 1.29 is 22.7 Å². The SMILES string of the molecule is NC1=C(NCCC(F)(F)F)C(=O)C2OC12. The second kappa shape index (κ2) is 3.13. The number of epoxide rings is 1. The maximum atomic E-state index is 11.8. The van der Waals surface area contributed by atoms with Crippen LogP contribution in [0.15, 0.2) is 11.4 Å². The molecule has 2 rings (SSSR count). The van der Waals surface area contributed by atoms with E-state index in [2.05, 4.69) is 5.32 Å². The molecule has 0 saturated carbocycles. The fourth-order valence-corrected chi connectivity index (χ4v) is 1.49. The highest BCUT2D eigenvalue weighted by atomic mass is 19.4. The Balaban J connectivity index is 1.88. The van der Waals surface area contributed by atoms with E-state index in [1.165, 1.54) is 0 Å². The lowest BCUT2D eigenvalue weighted by molar-refractivity contribution is -0.133. The summed E-state index contributed by atoms with van der Waals surface area (Å²) in [6.07, 6.45) is -6.19. The number of carbonyl (C=O) groups is 1. The van der Waals surface area contributed by atoms with Gasteiger partial charge < -0.3 is 15.8 Å². The van der Waals surface area contributed by atoms with E-state index in [9.17, 15) is 18.0 Å². The molecule has 0 bridgehead atoms. The van der Waals surface area contributed by atoms with Crippen molar-refractivity contribution >= 4 is 5.78 Å². The Kier molecular flexibility index (Phi) is 2.14. The van der Waals surface area contributed by atoms with Gasteiger partial charge in [-0.25, -0.2) is 0 Å². The predicted molar refractivity (Wildman–Crippen MR) is 43.6 cm³/mol. The van der Waals surface area contributed by atoms with Gasteiger partial charge in [0.1, 0.15) is 11.8 Å². The molecule has 0 aromatic carbocycles. The van der Waals surface area contributed by atoms with Crippen molar-refractivity contribution in [2.24, 2.45) is 5.73 Å². The van der Waals surface area contributed by atoms with E-state index < -0.39 is 24.8 Å². The topological polar surface area (TPSA) is 67.6 Å². The summed E-state index contributed by atoms with van der Waals surface area (Å²) in [5, 5.41) is 2.40. The molecule has 2 atom stereocenters. The van der Waals surface area contributed by atoms with Crippen LogP contribution in [0, 0.1) is 0 Å². The average molecular weight is 222 g/mol. The van der Waals surface area contributed by atoms with Crippen molar-refractivity contribution in [1.82, 2.24) is 5.32 Å². The van der Waals surface area contributed by atoms with Gasteiger partial charge >= 0.3 is 6.18 Å². The molecule has 4 nitrogen and oxygen atoms in total. The number of fused-ring (bicyclic) bond motifs is 1. The van der Waals surface area contributed by atoms with E-state index in [0.717, 1.165) is 0 Å². The minimum Gasteiger partial charge on any atom is -0.398 e. The maximum absolute atomic E-state index is 11.8. The highest BCUT2D eigenvalue weighted by Gasteiger charge is 2.55. The van der Waals surface area contributed by atoms with Gasteiger partial charge in [-0.15, -0.1) is 0 Å². The van der Waals surface area contributed by atoms with Gasteiger partial charge in [-0.3, -0.25) is 4.79 Å². The number of rotatable bonds is 3. The van der Waals surface area contributed by atoms with Gasteiger partial charge in [0.05, 0.1) is 12.1 Å². The molecule has 0 radical (unpaired) electrons. The summed E-state index contributed by atoms with van der Waals surface area (Å²) in [5.41, 5.74) is 5.79. The molecule has 0 spiro atoms. The molecular weight excluding hydrogens is 213 g/mol. The highest BCUT2D eigenvalue weighted by molar-refractivity contribution is 6.04. The molecule has 1 aliphatic heterocycles. The molecule has 1 heterocycles. The summed E-state index contributed by atoms with van der Waals surface area (Å²) in [6.45, 7) is -0.343. The fourth-order valence-electron chi connectivity index (χ4n) is 1.49. The number of hydrogen-bond donors (Lipinski definition) is 2. The first kappa shape index (κ1) is 10.3. The van der Waals surface area contributed by atoms with Crippen molar-refractivity contribution in [2.45, 2.75) is 24.8 Å². The van der Waals surface area contributed by atoms with E-state index in [-0.39, 0.29) is 23.7 Å². The second-order valence-electron chi connectivity index (χ2n) is 3.46. The summed E-state index contributed by atoms with van der Waals surface area (Å²) in [4.78, 5) is 11.3. The van der Waals surface area contributed by atoms with Crippen molar-refractivity contribution in [1.29, 1.82) is 0 Å². The molecule has 2 aliphatic rings. The molecular formula is C8H9F3N2O2. The minimum atomic E-state index is -4.23. The first-order valence-corrected chi connectivity index (χ1v) is 4.40. The zero-order valence-corrected chi connectivity index (χ0v) is 7.60. The van der Waals surface area contributed by atoms with Gasteiger partial charge in [0.15, 0.2) is 6.10 Å². The molecule has 15 heavy (non-hydrogen) atoms. The summed E-state index contributed by atoms with van der Waals surface area (Å²) in [5.74, 6) is -0.348. The van der Waals surface area contributed by atoms with Crippen molar-refractivity contribution in [2.75, 3.05) is 6.54 Å². The Bertz CT molecular complexity index is 337. The first-order chi connectivity index (χ1) is 6.90. The molecule has 1 fully saturated rings. The van der Waals surface area contributed by atoms with Gasteiger partial charge in [-0.1, -0.05) is 0 Å². The van der Waals surface area contributed by atoms with E-state index in [1.807, 2.05) is 0 Å². The van der Waals surface area contributed by atoms with Crippen LogP contribution in [0.5, 0.6) is 0 Å². The Morgan fingerprint density at radius 2 is 2.07 bits per heavy atom. The molecule has 0 aromatic rings. The van der Waals surface area contributed by atoms with Crippen LogP contribution >= 0.6 is 0 Å². The van der Waals surface area contributed by atoms with Crippen LogP contribution in [0.1, 0.15) is 6.42 Å². The maximum Gasteiger partial charge on any atom is 0.390 e. The Hall–Kier alpha value is -1.24. The van der Waals surface area contributed by atoms with Crippen LogP contribution in [0.25, 0.3) is 0 Å². The highest BCUT2D eigenvalue weighted by Crippen LogP contribution is 2.36. The summed E-state index contributed by atoms with van der Waals surface area (Å²) < 4.78 is 40.3. The van der Waals surface area contributed by atoms with Crippen molar-refractivity contribution in [3.8, 4) is 0 Å². The number of ketones is 1. The van der Waals surface area contributed by atoms with Crippen LogP contribution in [0.3, 0.4) is 0 Å². The Labute approximate surface area is 83.3 Å². The standard InChI is InChI=1S/C8H9F3N2O2/c9-8(10,11)1-2-13-4-3(12)6-7(15-6)5(4)14/h6-7,13H,1-2,12H2. The molecule has 2 unspecified atom stereocenters. The molecule has 0 aromatic heterocycles. The second-order valence-corrected chi connectivity index (χ2v) is 3.46. The third-order valence-corrected chi connectivity index (χ3v) is 2.30. The van der Waals surface area contributed by atoms with Gasteiger partial charge in [0, 0.05) is 6.54 Å². The molecule has 7 heteroatoms. The number of halogens is 3. The van der Waals surface area contributed by atoms with Crippen LogP contribution in [0.2, 0.25) is 0 Å². The monoisotopic (exact) mass is 222 g/mol. The lowest BCUT2D eigenvalue weighted by Crippen LogP contribution is -2.27. The minimum absolute atomic E-state index is 0.0838. The molecule has 1 aliphatic carbocycles. The third-order valence-electron chi connectivity index (χ3n) is 2.30. The van der Waals surface area contributed by atoms with Gasteiger partial charge in [0.25, 0.3) is 0 Å². The number of ether oxygens (including phenoxy) is 1. The van der Waals surface area contributed by atoms with Crippen molar-refractivity contribution in [3.05, 3.63) is 11.4 Å². The smallest absolute Gasteiger partial charge is 0.390 e. The van der Waals surface area contributed by atoms with E-state index in [1.54, 1.807) is 0 Å². The summed E-state index contributed by atoms with van der Waals surface area (Å²) in [6, 6.07) is 0. The molecule has 84 valence electrons. The van der Waals surface area contributed by atoms with Gasteiger partial charge in [0.2, 0.25) is 5.78 Å². The summed E-state index contributed by atoms with van der Waals surface area (Å²) in [7, 11) is 0. The Morgan fingerprint density at radius 3 is 2.53 bits per heavy atom. The molecule has 1 saturated heterocycles. The van der Waals surface area contributed by atoms with Crippen LogP contribution < -0.4 is 11.1 Å². The summed E-state index contributed by atoms with van der Waals surface area (Å²) >= 11 is 0. The lowest BCUT2D eigenvalue weighted by atomic mass is 10.3. The quantitative estimate of drug-likeness (QED) is 0.662. The van der Waals surface area contributed by atoms with Gasteiger partial charge in [-0.2, -0.15) is 13.2 Å². The fraction of sp³-hybridized carbons (Fsp3) is 0.625.